The lowest BCUT2D eigenvalue weighted by atomic mass is 9.83. The summed E-state index contributed by atoms with van der Waals surface area (Å²) >= 11 is 5.68. The van der Waals surface area contributed by atoms with Crippen molar-refractivity contribution in [2.75, 3.05) is 0 Å². The molecule has 1 unspecified atom stereocenters. The Morgan fingerprint density at radius 3 is 2.70 bits per heavy atom. The number of fused-ring (bicyclic) bond motifs is 1. The van der Waals surface area contributed by atoms with Gasteiger partial charge in [-0.15, -0.1) is 0 Å². The number of nitrogens with zero attached hydrogens (tertiary/aromatic N) is 1. The average molecular weight is 418 g/mol. The molecule has 30 heavy (non-hydrogen) atoms. The molecule has 1 saturated heterocycles. The summed E-state index contributed by atoms with van der Waals surface area (Å²) < 4.78 is 2.35. The number of hydrogen-bond acceptors (Lipinski definition) is 2. The van der Waals surface area contributed by atoms with E-state index >= 15 is 0 Å². The molecule has 4 nitrogen and oxygen atoms in total. The summed E-state index contributed by atoms with van der Waals surface area (Å²) in [6.45, 7) is 5.02. The second-order valence-corrected chi connectivity index (χ2v) is 8.23. The Hall–Kier alpha value is -2.92. The summed E-state index contributed by atoms with van der Waals surface area (Å²) in [5, 5.41) is 5.28. The smallest absolute Gasteiger partial charge is 0.233 e. The molecule has 4 heterocycles. The number of nitrogens with one attached hydrogen (secondary N) is 2. The Morgan fingerprint density at radius 2 is 1.83 bits per heavy atom. The summed E-state index contributed by atoms with van der Waals surface area (Å²) in [7, 11) is 0. The second-order valence-electron chi connectivity index (χ2n) is 7.79. The van der Waals surface area contributed by atoms with E-state index in [1.54, 1.807) is 0 Å². The fourth-order valence-electron chi connectivity index (χ4n) is 5.10. The van der Waals surface area contributed by atoms with Gasteiger partial charge in [0.05, 0.1) is 22.3 Å². The zero-order valence-electron chi connectivity index (χ0n) is 17.2. The van der Waals surface area contributed by atoms with Gasteiger partial charge in [-0.05, 0) is 35.6 Å². The largest absolute Gasteiger partial charge is 0.361 e. The molecule has 5 heteroatoms. The van der Waals surface area contributed by atoms with Crippen molar-refractivity contribution in [2.45, 2.75) is 45.1 Å². The molecule has 2 aromatic heterocycles. The first kappa shape index (κ1) is 19.1. The zero-order valence-corrected chi connectivity index (χ0v) is 18.1. The van der Waals surface area contributed by atoms with Gasteiger partial charge in [-0.2, -0.15) is 0 Å². The topological polar surface area (TPSA) is 49.8 Å². The summed E-state index contributed by atoms with van der Waals surface area (Å²) in [4.78, 5) is 16.9. The standard InChI is InChI=1S/C23H19N3OS.C2H6.H2/c27-22-19(16-11-24-18-9-2-1-7-14(16)18)20(23(28)25-22)17-12-26-10-4-6-13-5-3-8-15(17)21(13)26;1-2;/h1-3,5,7-9,11-12,19-20,24H,4,6,10H2,(H,25,27,28);1-2H3;1H/t19?,20-;;/m0../s1. The first-order valence-corrected chi connectivity index (χ1v) is 11.1. The molecule has 0 bridgehead atoms. The molecule has 6 rings (SSSR count). The van der Waals surface area contributed by atoms with Crippen LogP contribution in [0.3, 0.4) is 0 Å². The molecule has 4 aromatic rings. The lowest BCUT2D eigenvalue weighted by molar-refractivity contribution is -0.120. The normalized spacial score (nSPS) is 20.3. The van der Waals surface area contributed by atoms with Crippen LogP contribution in [0.2, 0.25) is 0 Å². The molecule has 2 atom stereocenters. The van der Waals surface area contributed by atoms with Gasteiger partial charge in [0.1, 0.15) is 0 Å². The molecule has 0 aliphatic carbocycles. The number of carbonyl (C=O) groups is 1. The van der Waals surface area contributed by atoms with Crippen molar-refractivity contribution in [2.24, 2.45) is 0 Å². The molecular weight excluding hydrogens is 390 g/mol. The maximum atomic E-state index is 13.0. The molecule has 1 amide bonds. The van der Waals surface area contributed by atoms with Crippen LogP contribution in [-0.2, 0) is 17.8 Å². The van der Waals surface area contributed by atoms with Crippen LogP contribution < -0.4 is 5.32 Å². The number of aromatic nitrogens is 2. The molecule has 2 N–H and O–H groups in total. The van der Waals surface area contributed by atoms with Gasteiger partial charge in [-0.1, -0.05) is 62.5 Å². The fraction of sp³-hybridized carbons (Fsp3) is 0.280. The number of amides is 1. The molecule has 0 spiro atoms. The van der Waals surface area contributed by atoms with Gasteiger partial charge in [0.2, 0.25) is 5.91 Å². The van der Waals surface area contributed by atoms with Crippen molar-refractivity contribution in [1.29, 1.82) is 0 Å². The number of aryl methyl sites for hydroxylation is 2. The number of carbonyl (C=O) groups excluding carboxylic acids is 1. The number of benzene rings is 2. The highest BCUT2D eigenvalue weighted by atomic mass is 32.1. The number of rotatable bonds is 2. The monoisotopic (exact) mass is 417 g/mol. The minimum atomic E-state index is -0.313. The Bertz CT molecular complexity index is 1290. The highest BCUT2D eigenvalue weighted by Gasteiger charge is 2.43. The lowest BCUT2D eigenvalue weighted by Gasteiger charge is -2.16. The van der Waals surface area contributed by atoms with Crippen LogP contribution in [0, 0.1) is 0 Å². The summed E-state index contributed by atoms with van der Waals surface area (Å²) in [6.07, 6.45) is 6.46. The third kappa shape index (κ3) is 2.72. The van der Waals surface area contributed by atoms with Gasteiger partial charge in [0.15, 0.2) is 0 Å². The minimum Gasteiger partial charge on any atom is -0.361 e. The molecule has 2 aliphatic rings. The number of H-pyrrole nitrogens is 1. The van der Waals surface area contributed by atoms with Crippen LogP contribution in [0.25, 0.3) is 21.8 Å². The van der Waals surface area contributed by atoms with E-state index in [-0.39, 0.29) is 19.2 Å². The van der Waals surface area contributed by atoms with E-state index in [1.165, 1.54) is 16.5 Å². The molecule has 0 radical (unpaired) electrons. The predicted molar refractivity (Wildman–Crippen MR) is 128 cm³/mol. The molecule has 0 saturated carbocycles. The lowest BCUT2D eigenvalue weighted by Crippen LogP contribution is -2.20. The van der Waals surface area contributed by atoms with Crippen molar-refractivity contribution >= 4 is 44.9 Å². The highest BCUT2D eigenvalue weighted by molar-refractivity contribution is 7.80. The van der Waals surface area contributed by atoms with E-state index in [0.29, 0.717) is 4.99 Å². The second kappa shape index (κ2) is 7.40. The number of aromatic amines is 1. The SMILES string of the molecule is CC.O=C1NC(=S)[C@@H](c2cn3c4c(cccc24)CCC3)C1c1c[nH]c2ccccc12.[HH]. The Balaban J connectivity index is 0.000000750. The van der Waals surface area contributed by atoms with E-state index in [4.69, 9.17) is 12.2 Å². The van der Waals surface area contributed by atoms with E-state index in [2.05, 4.69) is 45.3 Å². The molecule has 154 valence electrons. The fourth-order valence-corrected chi connectivity index (χ4v) is 5.47. The van der Waals surface area contributed by atoms with Crippen LogP contribution in [0.15, 0.2) is 54.9 Å². The Kier molecular flexibility index (Phi) is 4.70. The van der Waals surface area contributed by atoms with Gasteiger partial charge in [0, 0.05) is 36.7 Å². The van der Waals surface area contributed by atoms with Crippen molar-refractivity contribution in [3.05, 3.63) is 71.5 Å². The summed E-state index contributed by atoms with van der Waals surface area (Å²) in [5.41, 5.74) is 5.93. The van der Waals surface area contributed by atoms with Gasteiger partial charge in [-0.25, -0.2) is 0 Å². The third-order valence-corrected chi connectivity index (χ3v) is 6.65. The van der Waals surface area contributed by atoms with Crippen LogP contribution in [0.5, 0.6) is 0 Å². The van der Waals surface area contributed by atoms with E-state index in [0.717, 1.165) is 41.4 Å². The summed E-state index contributed by atoms with van der Waals surface area (Å²) in [6, 6.07) is 14.7. The van der Waals surface area contributed by atoms with Gasteiger partial charge in [0.25, 0.3) is 0 Å². The molecule has 2 aromatic carbocycles. The third-order valence-electron chi connectivity index (χ3n) is 6.29. The first-order valence-electron chi connectivity index (χ1n) is 10.7. The first-order chi connectivity index (χ1) is 14.7. The van der Waals surface area contributed by atoms with E-state index < -0.39 is 0 Å². The molecule has 2 aliphatic heterocycles. The average Bonchev–Trinajstić information content (AvgIpc) is 3.44. The van der Waals surface area contributed by atoms with Crippen LogP contribution in [0.4, 0.5) is 0 Å². The number of thiocarbonyl (C=S) groups is 1. The van der Waals surface area contributed by atoms with E-state index in [1.807, 2.05) is 38.2 Å². The number of para-hydroxylation sites is 2. The Morgan fingerprint density at radius 1 is 1.03 bits per heavy atom. The van der Waals surface area contributed by atoms with Crippen molar-refractivity contribution in [3.63, 3.8) is 0 Å². The highest BCUT2D eigenvalue weighted by Crippen LogP contribution is 2.44. The Labute approximate surface area is 182 Å². The van der Waals surface area contributed by atoms with Crippen LogP contribution in [-0.4, -0.2) is 20.4 Å². The minimum absolute atomic E-state index is 0. The summed E-state index contributed by atoms with van der Waals surface area (Å²) in [5.74, 6) is -0.461. The van der Waals surface area contributed by atoms with Gasteiger partial charge >= 0.3 is 0 Å². The van der Waals surface area contributed by atoms with Crippen LogP contribution in [0.1, 0.15) is 50.2 Å². The van der Waals surface area contributed by atoms with E-state index in [9.17, 15) is 4.79 Å². The van der Waals surface area contributed by atoms with Crippen molar-refractivity contribution in [1.82, 2.24) is 14.9 Å². The molecular formula is C25H27N3OS. The van der Waals surface area contributed by atoms with Crippen LogP contribution >= 0.6 is 12.2 Å². The zero-order chi connectivity index (χ0) is 20.8. The van der Waals surface area contributed by atoms with Crippen molar-refractivity contribution < 1.29 is 6.22 Å². The maximum Gasteiger partial charge on any atom is 0.233 e. The maximum absolute atomic E-state index is 13.0. The van der Waals surface area contributed by atoms with Gasteiger partial charge < -0.3 is 14.9 Å². The van der Waals surface area contributed by atoms with Gasteiger partial charge in [-0.3, -0.25) is 4.79 Å². The molecule has 1 fully saturated rings. The quantitative estimate of drug-likeness (QED) is 0.413. The number of hydrogen-bond donors (Lipinski definition) is 2. The van der Waals surface area contributed by atoms with Crippen molar-refractivity contribution in [3.8, 4) is 0 Å². The predicted octanol–water partition coefficient (Wildman–Crippen LogP) is 5.67.